The molecule has 0 fully saturated rings. The molecular formula is C21H22ClN5O2. The van der Waals surface area contributed by atoms with Crippen molar-refractivity contribution in [3.05, 3.63) is 76.6 Å². The Morgan fingerprint density at radius 3 is 2.59 bits per heavy atom. The molecule has 1 heterocycles. The van der Waals surface area contributed by atoms with E-state index in [-0.39, 0.29) is 18.1 Å². The van der Waals surface area contributed by atoms with Crippen LogP contribution < -0.4 is 10.6 Å². The first-order valence-corrected chi connectivity index (χ1v) is 9.75. The second-order valence-electron chi connectivity index (χ2n) is 6.47. The SMILES string of the molecule is CCCc1c(C(=O)NCC(=O)NCc2ccccc2)nnn1-c1cccc(Cl)c1. The van der Waals surface area contributed by atoms with Gasteiger partial charge in [0.15, 0.2) is 5.69 Å². The minimum Gasteiger partial charge on any atom is -0.350 e. The molecule has 0 aliphatic heterocycles. The minimum absolute atomic E-state index is 0.138. The number of carbonyl (C=O) groups excluding carboxylic acids is 2. The first kappa shape index (κ1) is 20.5. The molecule has 3 aromatic rings. The summed E-state index contributed by atoms with van der Waals surface area (Å²) in [5, 5.41) is 14.1. The van der Waals surface area contributed by atoms with Crippen LogP contribution in [0, 0.1) is 0 Å². The van der Waals surface area contributed by atoms with Crippen LogP contribution in [0.5, 0.6) is 0 Å². The van der Waals surface area contributed by atoms with E-state index < -0.39 is 5.91 Å². The summed E-state index contributed by atoms with van der Waals surface area (Å²) < 4.78 is 1.61. The van der Waals surface area contributed by atoms with E-state index in [2.05, 4.69) is 20.9 Å². The zero-order valence-electron chi connectivity index (χ0n) is 16.1. The Balaban J connectivity index is 1.65. The van der Waals surface area contributed by atoms with Gasteiger partial charge in [0, 0.05) is 11.6 Å². The molecule has 0 saturated carbocycles. The fourth-order valence-electron chi connectivity index (χ4n) is 2.86. The van der Waals surface area contributed by atoms with Crippen molar-refractivity contribution in [1.29, 1.82) is 0 Å². The highest BCUT2D eigenvalue weighted by atomic mass is 35.5. The lowest BCUT2D eigenvalue weighted by Crippen LogP contribution is -2.37. The van der Waals surface area contributed by atoms with Crippen molar-refractivity contribution in [3.63, 3.8) is 0 Å². The molecular weight excluding hydrogens is 390 g/mol. The van der Waals surface area contributed by atoms with Crippen LogP contribution in [0.2, 0.25) is 5.02 Å². The van der Waals surface area contributed by atoms with Gasteiger partial charge in [0.2, 0.25) is 5.91 Å². The number of rotatable bonds is 8. The summed E-state index contributed by atoms with van der Waals surface area (Å²) in [5.41, 5.74) is 2.61. The summed E-state index contributed by atoms with van der Waals surface area (Å²) >= 11 is 6.07. The van der Waals surface area contributed by atoms with Gasteiger partial charge in [-0.3, -0.25) is 9.59 Å². The number of hydrogen-bond acceptors (Lipinski definition) is 4. The molecule has 7 nitrogen and oxygen atoms in total. The molecule has 1 aromatic heterocycles. The summed E-state index contributed by atoms with van der Waals surface area (Å²) in [5.74, 6) is -0.710. The fraction of sp³-hybridized carbons (Fsp3) is 0.238. The van der Waals surface area contributed by atoms with Crippen molar-refractivity contribution in [2.45, 2.75) is 26.3 Å². The molecule has 0 bridgehead atoms. The largest absolute Gasteiger partial charge is 0.350 e. The monoisotopic (exact) mass is 411 g/mol. The Morgan fingerprint density at radius 1 is 1.07 bits per heavy atom. The summed E-state index contributed by atoms with van der Waals surface area (Å²) in [6.07, 6.45) is 1.42. The zero-order valence-corrected chi connectivity index (χ0v) is 16.8. The molecule has 3 rings (SSSR count). The van der Waals surface area contributed by atoms with Gasteiger partial charge in [0.1, 0.15) is 0 Å². The van der Waals surface area contributed by atoms with Crippen LogP contribution in [0.1, 0.15) is 35.1 Å². The average Bonchev–Trinajstić information content (AvgIpc) is 3.15. The van der Waals surface area contributed by atoms with Crippen molar-refractivity contribution in [2.75, 3.05) is 6.54 Å². The van der Waals surface area contributed by atoms with E-state index in [9.17, 15) is 9.59 Å². The smallest absolute Gasteiger partial charge is 0.274 e. The van der Waals surface area contributed by atoms with Gasteiger partial charge in [-0.15, -0.1) is 5.10 Å². The van der Waals surface area contributed by atoms with E-state index in [1.54, 1.807) is 16.8 Å². The topological polar surface area (TPSA) is 88.9 Å². The van der Waals surface area contributed by atoms with E-state index in [4.69, 9.17) is 11.6 Å². The Labute approximate surface area is 174 Å². The van der Waals surface area contributed by atoms with E-state index in [1.807, 2.05) is 49.4 Å². The van der Waals surface area contributed by atoms with Crippen molar-refractivity contribution < 1.29 is 9.59 Å². The minimum atomic E-state index is -0.434. The molecule has 2 amide bonds. The maximum absolute atomic E-state index is 12.6. The Bertz CT molecular complexity index is 988. The van der Waals surface area contributed by atoms with Gasteiger partial charge in [0.05, 0.1) is 17.9 Å². The van der Waals surface area contributed by atoms with Crippen molar-refractivity contribution in [1.82, 2.24) is 25.6 Å². The molecule has 8 heteroatoms. The summed E-state index contributed by atoms with van der Waals surface area (Å²) in [6, 6.07) is 16.7. The van der Waals surface area contributed by atoms with Gasteiger partial charge >= 0.3 is 0 Å². The van der Waals surface area contributed by atoms with E-state index in [0.29, 0.717) is 23.7 Å². The highest BCUT2D eigenvalue weighted by Crippen LogP contribution is 2.18. The van der Waals surface area contributed by atoms with Crippen molar-refractivity contribution >= 4 is 23.4 Å². The van der Waals surface area contributed by atoms with Crippen LogP contribution in [0.25, 0.3) is 5.69 Å². The second-order valence-corrected chi connectivity index (χ2v) is 6.91. The van der Waals surface area contributed by atoms with E-state index in [1.165, 1.54) is 0 Å². The molecule has 150 valence electrons. The van der Waals surface area contributed by atoms with Crippen LogP contribution >= 0.6 is 11.6 Å². The van der Waals surface area contributed by atoms with Crippen LogP contribution in [-0.4, -0.2) is 33.4 Å². The summed E-state index contributed by atoms with van der Waals surface area (Å²) in [7, 11) is 0. The molecule has 29 heavy (non-hydrogen) atoms. The highest BCUT2D eigenvalue weighted by molar-refractivity contribution is 6.30. The van der Waals surface area contributed by atoms with Crippen molar-refractivity contribution in [2.24, 2.45) is 0 Å². The maximum atomic E-state index is 12.6. The molecule has 0 saturated heterocycles. The van der Waals surface area contributed by atoms with Gasteiger partial charge in [-0.1, -0.05) is 66.6 Å². The number of nitrogens with zero attached hydrogens (tertiary/aromatic N) is 3. The van der Waals surface area contributed by atoms with Crippen LogP contribution in [-0.2, 0) is 17.8 Å². The molecule has 0 unspecified atom stereocenters. The quantitative estimate of drug-likeness (QED) is 0.596. The molecule has 2 N–H and O–H groups in total. The Hall–Kier alpha value is -3.19. The van der Waals surface area contributed by atoms with Crippen LogP contribution in [0.15, 0.2) is 54.6 Å². The third-order valence-corrected chi connectivity index (χ3v) is 4.49. The first-order valence-electron chi connectivity index (χ1n) is 9.37. The first-order chi connectivity index (χ1) is 14.1. The van der Waals surface area contributed by atoms with Gasteiger partial charge in [-0.05, 0) is 30.2 Å². The number of amides is 2. The molecule has 0 spiro atoms. The fourth-order valence-corrected chi connectivity index (χ4v) is 3.04. The van der Waals surface area contributed by atoms with Gasteiger partial charge < -0.3 is 10.6 Å². The molecule has 0 radical (unpaired) electrons. The van der Waals surface area contributed by atoms with E-state index in [0.717, 1.165) is 17.7 Å². The molecule has 0 atom stereocenters. The number of benzene rings is 2. The van der Waals surface area contributed by atoms with Crippen LogP contribution in [0.3, 0.4) is 0 Å². The number of halogens is 1. The Kier molecular flexibility index (Phi) is 6.97. The summed E-state index contributed by atoms with van der Waals surface area (Å²) in [4.78, 5) is 24.6. The normalized spacial score (nSPS) is 10.6. The molecule has 0 aliphatic carbocycles. The predicted octanol–water partition coefficient (Wildman–Crippen LogP) is 2.92. The highest BCUT2D eigenvalue weighted by Gasteiger charge is 2.20. The number of nitrogens with one attached hydrogen (secondary N) is 2. The lowest BCUT2D eigenvalue weighted by Gasteiger charge is -2.09. The average molecular weight is 412 g/mol. The number of carbonyl (C=O) groups is 2. The van der Waals surface area contributed by atoms with Crippen LogP contribution in [0.4, 0.5) is 0 Å². The standard InChI is InChI=1S/C21H22ClN5O2/c1-2-7-18-20(25-26-27(18)17-11-6-10-16(22)12-17)21(29)24-14-19(28)23-13-15-8-4-3-5-9-15/h3-6,8-12H,2,7,13-14H2,1H3,(H,23,28)(H,24,29). The summed E-state index contributed by atoms with van der Waals surface area (Å²) in [6.45, 7) is 2.27. The second kappa shape index (κ2) is 9.84. The Morgan fingerprint density at radius 2 is 1.86 bits per heavy atom. The third-order valence-electron chi connectivity index (χ3n) is 4.26. The van der Waals surface area contributed by atoms with Gasteiger partial charge in [0.25, 0.3) is 5.91 Å². The zero-order chi connectivity index (χ0) is 20.6. The molecule has 0 aliphatic rings. The predicted molar refractivity (Wildman–Crippen MR) is 111 cm³/mol. The number of aromatic nitrogens is 3. The number of hydrogen-bond donors (Lipinski definition) is 2. The third kappa shape index (κ3) is 5.42. The van der Waals surface area contributed by atoms with E-state index >= 15 is 0 Å². The van der Waals surface area contributed by atoms with Crippen molar-refractivity contribution in [3.8, 4) is 5.69 Å². The lowest BCUT2D eigenvalue weighted by atomic mass is 10.2. The molecule has 2 aromatic carbocycles. The lowest BCUT2D eigenvalue weighted by molar-refractivity contribution is -0.120. The maximum Gasteiger partial charge on any atom is 0.274 e. The van der Waals surface area contributed by atoms with Gasteiger partial charge in [-0.25, -0.2) is 4.68 Å². The van der Waals surface area contributed by atoms with Gasteiger partial charge in [-0.2, -0.15) is 0 Å².